The molecule has 0 unspecified atom stereocenters. The van der Waals surface area contributed by atoms with Crippen molar-refractivity contribution < 1.29 is 9.53 Å². The molecule has 6 rings (SSSR count). The van der Waals surface area contributed by atoms with Gasteiger partial charge in [0.05, 0.1) is 24.8 Å². The van der Waals surface area contributed by atoms with Crippen LogP contribution in [-0.4, -0.2) is 55.8 Å². The number of carbonyl (C=O) groups excluding carboxylic acids is 1. The summed E-state index contributed by atoms with van der Waals surface area (Å²) in [5.41, 5.74) is 7.41. The SMILES string of the molecule is NC(=O)Cn1c(=O)c2c(nc(-c3ccccc3Cl)n2-c2ccc(Cl)cc2)n(Cc2ccc(CN3CCOCC3)cc2)c1=O. The zero-order valence-electron chi connectivity index (χ0n) is 23.1. The summed E-state index contributed by atoms with van der Waals surface area (Å²) in [6.45, 7) is 3.50. The molecule has 5 aromatic rings. The first kappa shape index (κ1) is 28.9. The Morgan fingerprint density at radius 3 is 2.16 bits per heavy atom. The predicted octanol–water partition coefficient (Wildman–Crippen LogP) is 3.69. The number of nitrogens with zero attached hydrogens (tertiary/aromatic N) is 5. The quantitative estimate of drug-likeness (QED) is 0.283. The zero-order valence-corrected chi connectivity index (χ0v) is 24.6. The lowest BCUT2D eigenvalue weighted by Gasteiger charge is -2.26. The second kappa shape index (κ2) is 12.2. The number of nitrogens with two attached hydrogens (primary N) is 1. The molecule has 3 heterocycles. The molecule has 3 aromatic carbocycles. The average Bonchev–Trinajstić information content (AvgIpc) is 3.40. The van der Waals surface area contributed by atoms with Crippen molar-refractivity contribution in [3.05, 3.63) is 115 Å². The van der Waals surface area contributed by atoms with Gasteiger partial charge in [-0.25, -0.2) is 14.3 Å². The van der Waals surface area contributed by atoms with Crippen LogP contribution < -0.4 is 17.0 Å². The van der Waals surface area contributed by atoms with Gasteiger partial charge in [-0.2, -0.15) is 0 Å². The molecule has 1 aliphatic heterocycles. The molecule has 2 N–H and O–H groups in total. The van der Waals surface area contributed by atoms with Gasteiger partial charge < -0.3 is 10.5 Å². The van der Waals surface area contributed by atoms with Crippen molar-refractivity contribution in [3.63, 3.8) is 0 Å². The van der Waals surface area contributed by atoms with Gasteiger partial charge in [-0.15, -0.1) is 0 Å². The fraction of sp³-hybridized carbons (Fsp3) is 0.226. The van der Waals surface area contributed by atoms with Crippen molar-refractivity contribution >= 4 is 40.3 Å². The van der Waals surface area contributed by atoms with Crippen LogP contribution in [0.3, 0.4) is 0 Å². The maximum atomic E-state index is 13.9. The molecule has 0 aliphatic carbocycles. The zero-order chi connectivity index (χ0) is 30.1. The first-order valence-electron chi connectivity index (χ1n) is 13.7. The third kappa shape index (κ3) is 5.87. The van der Waals surface area contributed by atoms with E-state index in [-0.39, 0.29) is 17.7 Å². The summed E-state index contributed by atoms with van der Waals surface area (Å²) in [6.07, 6.45) is 0. The van der Waals surface area contributed by atoms with Crippen molar-refractivity contribution in [3.8, 4) is 17.1 Å². The Morgan fingerprint density at radius 1 is 0.860 bits per heavy atom. The van der Waals surface area contributed by atoms with Crippen LogP contribution in [0.5, 0.6) is 0 Å². The molecule has 10 nitrogen and oxygen atoms in total. The number of amides is 1. The van der Waals surface area contributed by atoms with Crippen LogP contribution >= 0.6 is 23.2 Å². The molecule has 0 saturated carbocycles. The van der Waals surface area contributed by atoms with Gasteiger partial charge in [0.2, 0.25) is 5.91 Å². The minimum absolute atomic E-state index is 0.0991. The van der Waals surface area contributed by atoms with Crippen molar-refractivity contribution in [2.75, 3.05) is 26.3 Å². The topological polar surface area (TPSA) is 117 Å². The van der Waals surface area contributed by atoms with E-state index in [4.69, 9.17) is 38.7 Å². The maximum Gasteiger partial charge on any atom is 0.333 e. The lowest BCUT2D eigenvalue weighted by Crippen LogP contribution is -2.43. The molecule has 12 heteroatoms. The summed E-state index contributed by atoms with van der Waals surface area (Å²) in [5.74, 6) is -0.465. The number of ether oxygens (including phenoxy) is 1. The van der Waals surface area contributed by atoms with E-state index in [2.05, 4.69) is 4.90 Å². The van der Waals surface area contributed by atoms with Gasteiger partial charge in [-0.05, 0) is 47.5 Å². The number of fused-ring (bicyclic) bond motifs is 1. The molecular weight excluding hydrogens is 591 g/mol. The number of hydrogen-bond donors (Lipinski definition) is 1. The van der Waals surface area contributed by atoms with Crippen LogP contribution in [0.4, 0.5) is 0 Å². The number of imidazole rings is 1. The van der Waals surface area contributed by atoms with E-state index < -0.39 is 23.7 Å². The summed E-state index contributed by atoms with van der Waals surface area (Å²) in [7, 11) is 0. The highest BCUT2D eigenvalue weighted by atomic mass is 35.5. The van der Waals surface area contributed by atoms with Crippen LogP contribution in [0.1, 0.15) is 11.1 Å². The van der Waals surface area contributed by atoms with Crippen molar-refractivity contribution in [1.29, 1.82) is 0 Å². The van der Waals surface area contributed by atoms with Gasteiger partial charge in [0.25, 0.3) is 5.56 Å². The Balaban J connectivity index is 1.54. The second-order valence-corrected chi connectivity index (χ2v) is 11.2. The highest BCUT2D eigenvalue weighted by Gasteiger charge is 2.25. The van der Waals surface area contributed by atoms with E-state index in [1.54, 1.807) is 47.0 Å². The lowest BCUT2D eigenvalue weighted by atomic mass is 10.1. The van der Waals surface area contributed by atoms with Gasteiger partial charge in [-0.1, -0.05) is 59.6 Å². The number of benzene rings is 3. The number of carbonyl (C=O) groups is 1. The van der Waals surface area contributed by atoms with Gasteiger partial charge in [0, 0.05) is 35.9 Å². The number of aromatic nitrogens is 4. The molecule has 0 spiro atoms. The number of rotatable bonds is 8. The van der Waals surface area contributed by atoms with Crippen molar-refractivity contribution in [2.45, 2.75) is 19.6 Å². The number of hydrogen-bond acceptors (Lipinski definition) is 6. The lowest BCUT2D eigenvalue weighted by molar-refractivity contribution is -0.118. The maximum absolute atomic E-state index is 13.9. The molecular formula is C31H28Cl2N6O4. The van der Waals surface area contributed by atoms with E-state index in [1.807, 2.05) is 30.3 Å². The Labute approximate surface area is 256 Å². The molecule has 0 radical (unpaired) electrons. The molecule has 220 valence electrons. The summed E-state index contributed by atoms with van der Waals surface area (Å²) < 4.78 is 9.32. The molecule has 1 saturated heterocycles. The van der Waals surface area contributed by atoms with Gasteiger partial charge in [0.15, 0.2) is 11.2 Å². The largest absolute Gasteiger partial charge is 0.379 e. The Hall–Kier alpha value is -4.22. The summed E-state index contributed by atoms with van der Waals surface area (Å²) in [5, 5.41) is 0.919. The van der Waals surface area contributed by atoms with Crippen LogP contribution in [0, 0.1) is 0 Å². The molecule has 0 atom stereocenters. The van der Waals surface area contributed by atoms with E-state index in [9.17, 15) is 14.4 Å². The first-order valence-corrected chi connectivity index (χ1v) is 14.5. The molecule has 2 aromatic heterocycles. The number of halogens is 2. The van der Waals surface area contributed by atoms with Crippen LogP contribution in [-0.2, 0) is 29.2 Å². The van der Waals surface area contributed by atoms with E-state index >= 15 is 0 Å². The summed E-state index contributed by atoms with van der Waals surface area (Å²) in [4.78, 5) is 46.9. The third-order valence-electron chi connectivity index (χ3n) is 7.41. The minimum atomic E-state index is -0.818. The predicted molar refractivity (Wildman–Crippen MR) is 166 cm³/mol. The van der Waals surface area contributed by atoms with Gasteiger partial charge in [0.1, 0.15) is 12.4 Å². The Bertz CT molecular complexity index is 1920. The Morgan fingerprint density at radius 2 is 1.51 bits per heavy atom. The van der Waals surface area contributed by atoms with E-state index in [0.29, 0.717) is 27.1 Å². The fourth-order valence-electron chi connectivity index (χ4n) is 5.29. The molecule has 1 amide bonds. The molecule has 43 heavy (non-hydrogen) atoms. The van der Waals surface area contributed by atoms with Gasteiger partial charge >= 0.3 is 5.69 Å². The van der Waals surface area contributed by atoms with Crippen LogP contribution in [0.15, 0.2) is 82.4 Å². The highest BCUT2D eigenvalue weighted by Crippen LogP contribution is 2.32. The standard InChI is InChI=1S/C31H28Cl2N6O4/c32-22-9-11-23(12-10-22)39-27-29(35-28(39)24-3-1-2-4-25(24)33)37(31(42)38(30(27)41)19-26(34)40)18-21-7-5-20(6-8-21)17-36-13-15-43-16-14-36/h1-12H,13-19H2,(H2,34,40). The highest BCUT2D eigenvalue weighted by molar-refractivity contribution is 6.33. The van der Waals surface area contributed by atoms with Crippen molar-refractivity contribution in [2.24, 2.45) is 5.73 Å². The normalized spacial score (nSPS) is 13.9. The average molecular weight is 620 g/mol. The molecule has 1 fully saturated rings. The van der Waals surface area contributed by atoms with E-state index in [0.717, 1.165) is 48.5 Å². The molecule has 0 bridgehead atoms. The Kier molecular flexibility index (Phi) is 8.18. The second-order valence-electron chi connectivity index (χ2n) is 10.3. The smallest absolute Gasteiger partial charge is 0.333 e. The minimum Gasteiger partial charge on any atom is -0.379 e. The third-order valence-corrected chi connectivity index (χ3v) is 7.99. The molecule has 1 aliphatic rings. The fourth-order valence-corrected chi connectivity index (χ4v) is 5.64. The van der Waals surface area contributed by atoms with Crippen LogP contribution in [0.2, 0.25) is 10.0 Å². The van der Waals surface area contributed by atoms with Crippen LogP contribution in [0.25, 0.3) is 28.2 Å². The number of primary amides is 1. The summed E-state index contributed by atoms with van der Waals surface area (Å²) in [6, 6.07) is 21.9. The monoisotopic (exact) mass is 618 g/mol. The number of morpholine rings is 1. The van der Waals surface area contributed by atoms with E-state index in [1.165, 1.54) is 4.57 Å². The van der Waals surface area contributed by atoms with Crippen molar-refractivity contribution in [1.82, 2.24) is 23.6 Å². The summed E-state index contributed by atoms with van der Waals surface area (Å²) >= 11 is 12.8. The van der Waals surface area contributed by atoms with Gasteiger partial charge in [-0.3, -0.25) is 23.6 Å². The first-order chi connectivity index (χ1) is 20.8.